The zero-order valence-electron chi connectivity index (χ0n) is 25.3. The Balaban J connectivity index is 1.74. The van der Waals surface area contributed by atoms with Crippen LogP contribution in [0.5, 0.6) is 11.6 Å². The number of carbonyl (C=O) groups is 3. The normalized spacial score (nSPS) is 15.6. The van der Waals surface area contributed by atoms with Gasteiger partial charge in [0.2, 0.25) is 0 Å². The van der Waals surface area contributed by atoms with Gasteiger partial charge >= 0.3 is 0 Å². The average molecular weight is 782 g/mol. The van der Waals surface area contributed by atoms with Gasteiger partial charge in [0.25, 0.3) is 5.91 Å². The van der Waals surface area contributed by atoms with E-state index in [0.29, 0.717) is 35.3 Å². The van der Waals surface area contributed by atoms with E-state index in [9.17, 15) is 67.2 Å². The molecule has 0 radical (unpaired) electrons. The van der Waals surface area contributed by atoms with Crippen LogP contribution in [0.25, 0.3) is 11.8 Å². The molecular formula is C27H17N4O16S4-5. The number of allylic oxidation sites excluding steroid dienone is 4. The van der Waals surface area contributed by atoms with Gasteiger partial charge in [-0.15, -0.1) is 0 Å². The summed E-state index contributed by atoms with van der Waals surface area (Å²) in [4.78, 5) is 34.8. The maximum atomic E-state index is 13.3. The SMILES string of the molecule is CC(=O)C1=NN(c2cc(S(=O)(=O)[O-])ccc2OS(=O)[O-])C(=O)/C1=C/C=C/C=C/c1c(C(C)=O)nn(-c2cc(S(=O)(=O)[O-])ccc2S(=O)(=O)[O-])c1[O-]. The lowest BCUT2D eigenvalue weighted by molar-refractivity contribution is -0.278. The van der Waals surface area contributed by atoms with E-state index in [2.05, 4.69) is 14.4 Å². The molecule has 0 bridgehead atoms. The second-order valence-electron chi connectivity index (χ2n) is 9.89. The molecule has 4 rings (SSSR count). The largest absolute Gasteiger partial charge is 0.858 e. The molecule has 51 heavy (non-hydrogen) atoms. The third-order valence-corrected chi connectivity index (χ3v) is 9.35. The number of hydrazone groups is 1. The van der Waals surface area contributed by atoms with E-state index in [4.69, 9.17) is 0 Å². The van der Waals surface area contributed by atoms with E-state index in [1.807, 2.05) is 0 Å². The number of anilines is 1. The fourth-order valence-corrected chi connectivity index (χ4v) is 6.24. The second-order valence-corrected chi connectivity index (χ2v) is 14.6. The highest BCUT2D eigenvalue weighted by Crippen LogP contribution is 2.35. The van der Waals surface area contributed by atoms with Crippen molar-refractivity contribution in [3.63, 3.8) is 0 Å². The zero-order chi connectivity index (χ0) is 38.2. The molecule has 0 saturated heterocycles. The lowest BCUT2D eigenvalue weighted by atomic mass is 10.1. The summed E-state index contributed by atoms with van der Waals surface area (Å²) in [6.45, 7) is 1.99. The molecule has 1 atom stereocenters. The number of rotatable bonds is 12. The summed E-state index contributed by atoms with van der Waals surface area (Å²) in [5.41, 5.74) is -3.53. The highest BCUT2D eigenvalue weighted by molar-refractivity contribution is 7.86. The number of carbonyl (C=O) groups excluding carboxylic acids is 3. The van der Waals surface area contributed by atoms with Crippen LogP contribution in [-0.2, 0) is 51.3 Å². The van der Waals surface area contributed by atoms with Gasteiger partial charge in [-0.05, 0) is 48.4 Å². The number of hydrogen-bond acceptors (Lipinski definition) is 18. The van der Waals surface area contributed by atoms with Crippen molar-refractivity contribution in [3.8, 4) is 17.3 Å². The number of ketones is 2. The summed E-state index contributed by atoms with van der Waals surface area (Å²) in [6.07, 6.45) is 5.40. The summed E-state index contributed by atoms with van der Waals surface area (Å²) < 4.78 is 132. The molecule has 1 aliphatic heterocycles. The molecule has 1 unspecified atom stereocenters. The average Bonchev–Trinajstić information content (AvgIpc) is 3.51. The van der Waals surface area contributed by atoms with E-state index in [1.54, 1.807) is 0 Å². The van der Waals surface area contributed by atoms with Gasteiger partial charge in [-0.3, -0.25) is 14.4 Å². The molecular weight excluding hydrogens is 765 g/mol. The van der Waals surface area contributed by atoms with Gasteiger partial charge in [-0.25, -0.2) is 34.1 Å². The van der Waals surface area contributed by atoms with Gasteiger partial charge in [-0.1, -0.05) is 24.3 Å². The summed E-state index contributed by atoms with van der Waals surface area (Å²) in [6, 6.07) is 3.51. The summed E-state index contributed by atoms with van der Waals surface area (Å²) in [5.74, 6) is -4.59. The van der Waals surface area contributed by atoms with Crippen LogP contribution in [0.3, 0.4) is 0 Å². The first-order valence-electron chi connectivity index (χ1n) is 13.3. The van der Waals surface area contributed by atoms with Crippen molar-refractivity contribution in [2.45, 2.75) is 28.5 Å². The molecule has 0 spiro atoms. The van der Waals surface area contributed by atoms with Gasteiger partial charge in [0.05, 0.1) is 25.9 Å². The minimum atomic E-state index is -5.38. The van der Waals surface area contributed by atoms with Crippen molar-refractivity contribution in [3.05, 3.63) is 77.5 Å². The Morgan fingerprint density at radius 3 is 1.96 bits per heavy atom. The Morgan fingerprint density at radius 2 is 1.43 bits per heavy atom. The van der Waals surface area contributed by atoms with Crippen molar-refractivity contribution in [1.29, 1.82) is 0 Å². The summed E-state index contributed by atoms with van der Waals surface area (Å²) >= 11 is -3.23. The first-order chi connectivity index (χ1) is 23.5. The quantitative estimate of drug-likeness (QED) is 0.0736. The zero-order valence-corrected chi connectivity index (χ0v) is 28.6. The summed E-state index contributed by atoms with van der Waals surface area (Å²) in [5, 5.41) is 21.2. The highest BCUT2D eigenvalue weighted by Gasteiger charge is 2.35. The number of aromatic nitrogens is 2. The number of benzene rings is 2. The number of Topliss-reactive ketones (excluding diaryl/α,β-unsaturated/α-hetero) is 2. The number of amides is 1. The molecule has 2 heterocycles. The molecule has 2 aromatic carbocycles. The van der Waals surface area contributed by atoms with Crippen LogP contribution in [0.4, 0.5) is 5.69 Å². The van der Waals surface area contributed by atoms with E-state index in [-0.39, 0.29) is 4.68 Å². The highest BCUT2D eigenvalue weighted by atomic mass is 32.2. The van der Waals surface area contributed by atoms with Gasteiger partial charge in [-0.2, -0.15) is 15.2 Å². The Labute approximate surface area is 290 Å². The van der Waals surface area contributed by atoms with Crippen molar-refractivity contribution >= 4 is 76.7 Å². The topological polar surface area (TPSA) is 329 Å². The number of hydrogen-bond donors (Lipinski definition) is 0. The van der Waals surface area contributed by atoms with Crippen LogP contribution in [-0.4, -0.2) is 80.6 Å². The van der Waals surface area contributed by atoms with Crippen molar-refractivity contribution in [2.75, 3.05) is 5.01 Å². The molecule has 270 valence electrons. The first kappa shape index (κ1) is 38.6. The van der Waals surface area contributed by atoms with E-state index in [1.165, 1.54) is 0 Å². The smallest absolute Gasteiger partial charge is 0.281 e. The van der Waals surface area contributed by atoms with E-state index in [0.717, 1.165) is 50.3 Å². The van der Waals surface area contributed by atoms with Gasteiger partial charge < -0.3 is 27.5 Å². The van der Waals surface area contributed by atoms with E-state index < -0.39 is 119 Å². The fourth-order valence-electron chi connectivity index (χ4n) is 4.34. The molecule has 0 fully saturated rings. The van der Waals surface area contributed by atoms with Crippen molar-refractivity contribution in [2.24, 2.45) is 5.10 Å². The minimum Gasteiger partial charge on any atom is -0.858 e. The van der Waals surface area contributed by atoms with Crippen molar-refractivity contribution in [1.82, 2.24) is 9.78 Å². The predicted octanol–water partition coefficient (Wildman–Crippen LogP) is -0.479. The Morgan fingerprint density at radius 1 is 0.843 bits per heavy atom. The predicted molar refractivity (Wildman–Crippen MR) is 165 cm³/mol. The van der Waals surface area contributed by atoms with Crippen LogP contribution in [0, 0.1) is 0 Å². The lowest BCUT2D eigenvalue weighted by Crippen LogP contribution is -2.23. The third-order valence-electron chi connectivity index (χ3n) is 6.49. The Bertz CT molecular complexity index is 2500. The minimum absolute atomic E-state index is 0.246. The molecule has 1 aliphatic rings. The molecule has 1 aromatic heterocycles. The Kier molecular flexibility index (Phi) is 10.7. The standard InChI is InChI=1S/C27H22N4O16S4/c1-14(32)24-18(26(34)30(28-24)20-12-16(49(38,39)40)8-10-22(20)47-48(36)37)6-4-3-5-7-19-25(15(2)33)29-31(27(19)35)21-13-17(50(41,42)43)9-11-23(21)51(44,45)46/h3-13,35H,1-2H3,(H,36,37)(H,38,39,40)(H,41,42,43)(H,44,45,46)/p-5/b4-3+,7-5+,18-6+. The van der Waals surface area contributed by atoms with Crippen molar-refractivity contribution < 1.29 is 71.3 Å². The van der Waals surface area contributed by atoms with Gasteiger partial charge in [0.15, 0.2) is 17.3 Å². The molecule has 0 N–H and O–H groups in total. The third kappa shape index (κ3) is 8.40. The Hall–Kier alpha value is -5.21. The van der Waals surface area contributed by atoms with Gasteiger partial charge in [0, 0.05) is 19.4 Å². The maximum Gasteiger partial charge on any atom is 0.281 e. The van der Waals surface area contributed by atoms with E-state index >= 15 is 0 Å². The monoisotopic (exact) mass is 781 g/mol. The second kappa shape index (κ2) is 14.2. The molecule has 24 heteroatoms. The maximum absolute atomic E-state index is 13.3. The van der Waals surface area contributed by atoms with Crippen LogP contribution >= 0.6 is 0 Å². The van der Waals surface area contributed by atoms with Crippen LogP contribution in [0.15, 0.2) is 86.1 Å². The van der Waals surface area contributed by atoms with Gasteiger partial charge in [0.1, 0.15) is 58.8 Å². The first-order valence-corrected chi connectivity index (χ1v) is 18.5. The van der Waals surface area contributed by atoms with Crippen LogP contribution in [0.1, 0.15) is 29.9 Å². The number of nitrogens with zero attached hydrogens (tertiary/aromatic N) is 4. The molecule has 20 nitrogen and oxygen atoms in total. The lowest BCUT2D eigenvalue weighted by Gasteiger charge is -2.19. The summed E-state index contributed by atoms with van der Waals surface area (Å²) in [7, 11) is -15.7. The molecule has 0 saturated carbocycles. The molecule has 1 amide bonds. The molecule has 0 aliphatic carbocycles. The van der Waals surface area contributed by atoms with Crippen LogP contribution in [0.2, 0.25) is 0 Å². The van der Waals surface area contributed by atoms with Crippen LogP contribution < -0.4 is 14.3 Å². The molecule has 3 aromatic rings. The fraction of sp³-hybridized carbons (Fsp3) is 0.0741.